The van der Waals surface area contributed by atoms with E-state index in [-0.39, 0.29) is 12.5 Å². The fraction of sp³-hybridized carbons (Fsp3) is 0.538. The summed E-state index contributed by atoms with van der Waals surface area (Å²) in [4.78, 5) is 12.3. The molecule has 2 aromatic heterocycles. The quantitative estimate of drug-likeness (QED) is 0.861. The lowest BCUT2D eigenvalue weighted by atomic mass is 9.79. The molecule has 21 heavy (non-hydrogen) atoms. The number of hydrogen-bond donors (Lipinski definition) is 2. The Morgan fingerprint density at radius 1 is 1.48 bits per heavy atom. The Kier molecular flexibility index (Phi) is 3.46. The second kappa shape index (κ2) is 5.28. The van der Waals surface area contributed by atoms with E-state index < -0.39 is 11.6 Å². The average molecular weight is 292 g/mol. The predicted molar refractivity (Wildman–Crippen MR) is 70.1 cm³/mol. The summed E-state index contributed by atoms with van der Waals surface area (Å²) in [5.41, 5.74) is -0.979. The molecule has 1 fully saturated rings. The Morgan fingerprint density at radius 3 is 2.86 bits per heavy atom. The van der Waals surface area contributed by atoms with Crippen LogP contribution in [0.5, 0.6) is 0 Å². The summed E-state index contributed by atoms with van der Waals surface area (Å²) in [5, 5.41) is 31.5. The SMILES string of the molecule is O=C(O)C1CCC(O)(Cn2nnc(-c3ccco3)n2)CC1. The number of aromatic nitrogens is 4. The number of carbonyl (C=O) groups is 1. The minimum atomic E-state index is -0.979. The van der Waals surface area contributed by atoms with E-state index in [9.17, 15) is 9.90 Å². The van der Waals surface area contributed by atoms with Gasteiger partial charge in [0.2, 0.25) is 5.82 Å². The van der Waals surface area contributed by atoms with E-state index in [1.165, 1.54) is 11.1 Å². The van der Waals surface area contributed by atoms with Crippen LogP contribution in [0.3, 0.4) is 0 Å². The first-order chi connectivity index (χ1) is 10.1. The van der Waals surface area contributed by atoms with Gasteiger partial charge in [0.15, 0.2) is 5.76 Å². The molecule has 0 bridgehead atoms. The molecule has 112 valence electrons. The lowest BCUT2D eigenvalue weighted by molar-refractivity contribution is -0.145. The molecule has 1 saturated carbocycles. The lowest BCUT2D eigenvalue weighted by Crippen LogP contribution is -2.40. The number of aliphatic carboxylic acids is 1. The zero-order valence-corrected chi connectivity index (χ0v) is 11.3. The highest BCUT2D eigenvalue weighted by molar-refractivity contribution is 5.70. The van der Waals surface area contributed by atoms with Gasteiger partial charge in [-0.25, -0.2) is 0 Å². The first kappa shape index (κ1) is 13.7. The summed E-state index contributed by atoms with van der Waals surface area (Å²) >= 11 is 0. The molecule has 8 nitrogen and oxygen atoms in total. The fourth-order valence-corrected chi connectivity index (χ4v) is 2.64. The fourth-order valence-electron chi connectivity index (χ4n) is 2.64. The molecule has 0 unspecified atom stereocenters. The van der Waals surface area contributed by atoms with Crippen molar-refractivity contribution in [1.82, 2.24) is 20.2 Å². The van der Waals surface area contributed by atoms with Crippen LogP contribution in [0, 0.1) is 5.92 Å². The average Bonchev–Trinajstić information content (AvgIpc) is 3.09. The smallest absolute Gasteiger partial charge is 0.306 e. The summed E-state index contributed by atoms with van der Waals surface area (Å²) < 4.78 is 5.18. The molecule has 0 saturated heterocycles. The van der Waals surface area contributed by atoms with E-state index in [4.69, 9.17) is 9.52 Å². The third kappa shape index (κ3) is 2.94. The van der Waals surface area contributed by atoms with Gasteiger partial charge in [0.1, 0.15) is 0 Å². The van der Waals surface area contributed by atoms with Crippen molar-refractivity contribution in [2.45, 2.75) is 37.8 Å². The molecule has 2 aromatic rings. The summed E-state index contributed by atoms with van der Waals surface area (Å²) in [6, 6.07) is 3.46. The number of aliphatic hydroxyl groups is 1. The van der Waals surface area contributed by atoms with Gasteiger partial charge in [-0.15, -0.1) is 10.2 Å². The molecule has 2 heterocycles. The van der Waals surface area contributed by atoms with Crippen molar-refractivity contribution in [2.75, 3.05) is 0 Å². The lowest BCUT2D eigenvalue weighted by Gasteiger charge is -2.33. The molecule has 0 radical (unpaired) electrons. The van der Waals surface area contributed by atoms with Gasteiger partial charge < -0.3 is 14.6 Å². The Labute approximate surface area is 120 Å². The highest BCUT2D eigenvalue weighted by Gasteiger charge is 2.36. The van der Waals surface area contributed by atoms with E-state index in [1.54, 1.807) is 12.1 Å². The Morgan fingerprint density at radius 2 is 2.24 bits per heavy atom. The van der Waals surface area contributed by atoms with Gasteiger partial charge in [-0.1, -0.05) is 0 Å². The van der Waals surface area contributed by atoms with Crippen molar-refractivity contribution in [3.8, 4) is 11.6 Å². The third-order valence-corrected chi connectivity index (χ3v) is 3.90. The molecule has 1 aliphatic rings. The molecular formula is C13H16N4O4. The highest BCUT2D eigenvalue weighted by Crippen LogP contribution is 2.33. The number of furan rings is 1. The molecule has 0 atom stereocenters. The molecule has 0 amide bonds. The zero-order chi connectivity index (χ0) is 14.9. The molecule has 0 spiro atoms. The number of carboxylic acid groups (broad SMARTS) is 1. The van der Waals surface area contributed by atoms with Crippen LogP contribution >= 0.6 is 0 Å². The zero-order valence-electron chi connectivity index (χ0n) is 11.3. The number of rotatable bonds is 4. The van der Waals surface area contributed by atoms with E-state index in [0.717, 1.165) is 0 Å². The van der Waals surface area contributed by atoms with Gasteiger partial charge in [0.25, 0.3) is 0 Å². The van der Waals surface area contributed by atoms with E-state index in [2.05, 4.69) is 15.4 Å². The van der Waals surface area contributed by atoms with E-state index in [1.807, 2.05) is 0 Å². The number of tetrazole rings is 1. The molecule has 8 heteroatoms. The summed E-state index contributed by atoms with van der Waals surface area (Å²) in [6.07, 6.45) is 3.29. The van der Waals surface area contributed by atoms with Crippen LogP contribution in [-0.2, 0) is 11.3 Å². The minimum absolute atomic E-state index is 0.201. The first-order valence-electron chi connectivity index (χ1n) is 6.83. The summed E-state index contributed by atoms with van der Waals surface area (Å²) in [7, 11) is 0. The molecule has 2 N–H and O–H groups in total. The minimum Gasteiger partial charge on any atom is -0.481 e. The van der Waals surface area contributed by atoms with Crippen LogP contribution in [0.4, 0.5) is 0 Å². The van der Waals surface area contributed by atoms with Gasteiger partial charge in [-0.2, -0.15) is 4.80 Å². The van der Waals surface area contributed by atoms with E-state index >= 15 is 0 Å². The van der Waals surface area contributed by atoms with Gasteiger partial charge in [0.05, 0.1) is 24.3 Å². The second-order valence-electron chi connectivity index (χ2n) is 5.46. The van der Waals surface area contributed by atoms with Crippen LogP contribution in [0.15, 0.2) is 22.8 Å². The van der Waals surface area contributed by atoms with Crippen molar-refractivity contribution in [2.24, 2.45) is 5.92 Å². The van der Waals surface area contributed by atoms with Crippen LogP contribution in [0.1, 0.15) is 25.7 Å². The maximum absolute atomic E-state index is 10.9. The third-order valence-electron chi connectivity index (χ3n) is 3.90. The van der Waals surface area contributed by atoms with Gasteiger partial charge in [0, 0.05) is 0 Å². The molecule has 3 rings (SSSR count). The maximum atomic E-state index is 10.9. The predicted octanol–water partition coefficient (Wildman–Crippen LogP) is 0.939. The topological polar surface area (TPSA) is 114 Å². The normalized spacial score (nSPS) is 25.9. The first-order valence-corrected chi connectivity index (χ1v) is 6.83. The highest BCUT2D eigenvalue weighted by atomic mass is 16.4. The number of nitrogens with zero attached hydrogens (tertiary/aromatic N) is 4. The van der Waals surface area contributed by atoms with Gasteiger partial charge in [-0.3, -0.25) is 4.79 Å². The van der Waals surface area contributed by atoms with Crippen molar-refractivity contribution in [3.05, 3.63) is 18.4 Å². The van der Waals surface area contributed by atoms with Crippen LogP contribution < -0.4 is 0 Å². The number of carboxylic acids is 1. The molecular weight excluding hydrogens is 276 g/mol. The Bertz CT molecular complexity index is 614. The molecule has 1 aliphatic carbocycles. The van der Waals surface area contributed by atoms with Gasteiger partial charge >= 0.3 is 5.97 Å². The Hall–Kier alpha value is -2.22. The van der Waals surface area contributed by atoms with E-state index in [0.29, 0.717) is 37.3 Å². The standard InChI is InChI=1S/C13H16N4O4/c18-12(19)9-3-5-13(20,6-4-9)8-17-15-11(14-16-17)10-2-1-7-21-10/h1-2,7,9,20H,3-6,8H2,(H,18,19). The van der Waals surface area contributed by atoms with Crippen molar-refractivity contribution in [1.29, 1.82) is 0 Å². The second-order valence-corrected chi connectivity index (χ2v) is 5.46. The number of hydrogen-bond acceptors (Lipinski definition) is 6. The van der Waals surface area contributed by atoms with Crippen LogP contribution in [-0.4, -0.2) is 42.0 Å². The van der Waals surface area contributed by atoms with Crippen molar-refractivity contribution in [3.63, 3.8) is 0 Å². The van der Waals surface area contributed by atoms with Gasteiger partial charge in [-0.05, 0) is 43.0 Å². The monoisotopic (exact) mass is 292 g/mol. The summed E-state index contributed by atoms with van der Waals surface area (Å²) in [5.74, 6) is -0.283. The Balaban J connectivity index is 1.65. The maximum Gasteiger partial charge on any atom is 0.306 e. The summed E-state index contributed by atoms with van der Waals surface area (Å²) in [6.45, 7) is 0.201. The largest absolute Gasteiger partial charge is 0.481 e. The van der Waals surface area contributed by atoms with Crippen molar-refractivity contribution >= 4 is 5.97 Å². The molecule has 0 aromatic carbocycles. The van der Waals surface area contributed by atoms with Crippen molar-refractivity contribution < 1.29 is 19.4 Å². The molecule has 0 aliphatic heterocycles. The van der Waals surface area contributed by atoms with Crippen LogP contribution in [0.25, 0.3) is 11.6 Å². The van der Waals surface area contributed by atoms with Crippen LogP contribution in [0.2, 0.25) is 0 Å².